The number of carbonyl (C=O) groups excluding carboxylic acids is 2. The van der Waals surface area contributed by atoms with Crippen molar-refractivity contribution in [3.05, 3.63) is 90.0 Å². The first-order chi connectivity index (χ1) is 14.6. The van der Waals surface area contributed by atoms with Crippen molar-refractivity contribution >= 4 is 39.1 Å². The smallest absolute Gasteiger partial charge is 0.340 e. The van der Waals surface area contributed by atoms with E-state index >= 15 is 0 Å². The van der Waals surface area contributed by atoms with Gasteiger partial charge in [-0.05, 0) is 52.6 Å². The highest BCUT2D eigenvalue weighted by atomic mass is 16.5. The molecule has 5 rings (SSSR count). The van der Waals surface area contributed by atoms with Crippen LogP contribution in [0, 0.1) is 0 Å². The number of amides is 1. The third kappa shape index (κ3) is 3.01. The molecule has 0 saturated heterocycles. The predicted molar refractivity (Wildman–Crippen MR) is 119 cm³/mol. The van der Waals surface area contributed by atoms with Gasteiger partial charge in [0, 0.05) is 12.2 Å². The Morgan fingerprint density at radius 3 is 2.17 bits per heavy atom. The number of anilines is 1. The number of hydrogen-bond donors (Lipinski definition) is 0. The van der Waals surface area contributed by atoms with Gasteiger partial charge in [-0.1, -0.05) is 66.7 Å². The molecule has 4 aromatic carbocycles. The summed E-state index contributed by atoms with van der Waals surface area (Å²) in [5.74, 6) is -0.672. The molecule has 0 saturated carbocycles. The minimum atomic E-state index is -0.874. The van der Waals surface area contributed by atoms with Gasteiger partial charge in [0.1, 0.15) is 0 Å². The molecule has 0 unspecified atom stereocenters. The summed E-state index contributed by atoms with van der Waals surface area (Å²) >= 11 is 0. The summed E-state index contributed by atoms with van der Waals surface area (Å²) in [6.07, 6.45) is -0.0577. The van der Waals surface area contributed by atoms with Gasteiger partial charge in [-0.25, -0.2) is 4.79 Å². The molecule has 0 bridgehead atoms. The lowest BCUT2D eigenvalue weighted by molar-refractivity contribution is -0.126. The lowest BCUT2D eigenvalue weighted by atomic mass is 9.97. The van der Waals surface area contributed by atoms with Gasteiger partial charge in [0.25, 0.3) is 5.91 Å². The molecule has 1 aliphatic heterocycles. The van der Waals surface area contributed by atoms with E-state index in [1.807, 2.05) is 72.8 Å². The van der Waals surface area contributed by atoms with E-state index in [4.69, 9.17) is 4.74 Å². The van der Waals surface area contributed by atoms with E-state index in [0.717, 1.165) is 39.2 Å². The van der Waals surface area contributed by atoms with E-state index < -0.39 is 12.1 Å². The zero-order valence-corrected chi connectivity index (χ0v) is 16.7. The number of hydrogen-bond acceptors (Lipinski definition) is 3. The molecule has 4 aromatic rings. The number of rotatable bonds is 3. The zero-order chi connectivity index (χ0) is 20.7. The molecule has 148 valence electrons. The number of fused-ring (bicyclic) bond motifs is 3. The van der Waals surface area contributed by atoms with Crippen LogP contribution in [0.15, 0.2) is 78.9 Å². The first kappa shape index (κ1) is 18.4. The number of para-hydroxylation sites is 1. The van der Waals surface area contributed by atoms with Crippen LogP contribution in [0.1, 0.15) is 22.8 Å². The van der Waals surface area contributed by atoms with E-state index in [9.17, 15) is 9.59 Å². The fraction of sp³-hybridized carbons (Fsp3) is 0.154. The van der Waals surface area contributed by atoms with E-state index in [2.05, 4.69) is 6.07 Å². The standard InChI is InChI=1S/C26H21NO3/c1-17(25(28)27-15-14-18-8-4-7-13-23(18)27)30-26(29)24-21-11-5-2-9-19(21)16-20-10-3-6-12-22(20)24/h2-13,16-17H,14-15H2,1H3/t17-/m0/s1. The van der Waals surface area contributed by atoms with Gasteiger partial charge in [0.2, 0.25) is 0 Å². The van der Waals surface area contributed by atoms with Crippen molar-refractivity contribution in [2.45, 2.75) is 19.4 Å². The fourth-order valence-electron chi connectivity index (χ4n) is 4.29. The molecule has 0 N–H and O–H groups in total. The second kappa shape index (κ2) is 7.30. The van der Waals surface area contributed by atoms with Gasteiger partial charge < -0.3 is 9.64 Å². The first-order valence-corrected chi connectivity index (χ1v) is 10.1. The Labute approximate surface area is 174 Å². The van der Waals surface area contributed by atoms with E-state index in [1.54, 1.807) is 11.8 Å². The molecule has 1 atom stereocenters. The van der Waals surface area contributed by atoms with Crippen molar-refractivity contribution in [2.24, 2.45) is 0 Å². The zero-order valence-electron chi connectivity index (χ0n) is 16.7. The summed E-state index contributed by atoms with van der Waals surface area (Å²) in [5.41, 5.74) is 2.55. The van der Waals surface area contributed by atoms with Crippen molar-refractivity contribution in [1.29, 1.82) is 0 Å². The Hall–Kier alpha value is -3.66. The number of carbonyl (C=O) groups is 2. The summed E-state index contributed by atoms with van der Waals surface area (Å²) in [6, 6.07) is 25.4. The third-order valence-electron chi connectivity index (χ3n) is 5.76. The summed E-state index contributed by atoms with van der Waals surface area (Å²) in [6.45, 7) is 2.26. The minimum Gasteiger partial charge on any atom is -0.449 e. The van der Waals surface area contributed by atoms with Crippen LogP contribution in [0.5, 0.6) is 0 Å². The number of ether oxygens (including phenoxy) is 1. The molecular weight excluding hydrogens is 374 g/mol. The highest BCUT2D eigenvalue weighted by Crippen LogP contribution is 2.31. The Bertz CT molecular complexity index is 1240. The Balaban J connectivity index is 1.48. The van der Waals surface area contributed by atoms with Gasteiger partial charge >= 0.3 is 5.97 Å². The van der Waals surface area contributed by atoms with Crippen molar-refractivity contribution < 1.29 is 14.3 Å². The van der Waals surface area contributed by atoms with Crippen LogP contribution < -0.4 is 4.90 Å². The minimum absolute atomic E-state index is 0.196. The molecule has 4 nitrogen and oxygen atoms in total. The molecular formula is C26H21NO3. The maximum absolute atomic E-state index is 13.3. The summed E-state index contributed by atoms with van der Waals surface area (Å²) in [4.78, 5) is 28.0. The number of esters is 1. The van der Waals surface area contributed by atoms with Crippen LogP contribution in [0.3, 0.4) is 0 Å². The molecule has 0 spiro atoms. The number of benzene rings is 4. The lowest BCUT2D eigenvalue weighted by Gasteiger charge is -2.22. The van der Waals surface area contributed by atoms with Crippen LogP contribution >= 0.6 is 0 Å². The summed E-state index contributed by atoms with van der Waals surface area (Å²) in [5, 5.41) is 3.59. The Morgan fingerprint density at radius 2 is 1.47 bits per heavy atom. The van der Waals surface area contributed by atoms with Crippen LogP contribution in [0.4, 0.5) is 5.69 Å². The highest BCUT2D eigenvalue weighted by molar-refractivity contribution is 6.17. The van der Waals surface area contributed by atoms with Crippen LogP contribution in [-0.2, 0) is 16.0 Å². The third-order valence-corrected chi connectivity index (χ3v) is 5.76. The molecule has 0 aromatic heterocycles. The lowest BCUT2D eigenvalue weighted by Crippen LogP contribution is -2.39. The SMILES string of the molecule is C[C@H](OC(=O)c1c2ccccc2cc2ccccc12)C(=O)N1CCc2ccccc21. The van der Waals surface area contributed by atoms with Gasteiger partial charge in [-0.15, -0.1) is 0 Å². The Kier molecular flexibility index (Phi) is 4.47. The second-order valence-electron chi connectivity index (χ2n) is 7.61. The largest absolute Gasteiger partial charge is 0.449 e. The first-order valence-electron chi connectivity index (χ1n) is 10.1. The van der Waals surface area contributed by atoms with Crippen molar-refractivity contribution in [2.75, 3.05) is 11.4 Å². The average molecular weight is 395 g/mol. The monoisotopic (exact) mass is 395 g/mol. The van der Waals surface area contributed by atoms with Gasteiger partial charge in [-0.2, -0.15) is 0 Å². The molecule has 1 amide bonds. The van der Waals surface area contributed by atoms with Gasteiger partial charge in [-0.3, -0.25) is 4.79 Å². The van der Waals surface area contributed by atoms with Crippen molar-refractivity contribution in [3.8, 4) is 0 Å². The van der Waals surface area contributed by atoms with Crippen molar-refractivity contribution in [3.63, 3.8) is 0 Å². The molecule has 30 heavy (non-hydrogen) atoms. The van der Waals surface area contributed by atoms with E-state index in [1.165, 1.54) is 0 Å². The van der Waals surface area contributed by atoms with Crippen LogP contribution in [-0.4, -0.2) is 24.5 Å². The summed E-state index contributed by atoms with van der Waals surface area (Å²) in [7, 11) is 0. The molecule has 1 aliphatic rings. The van der Waals surface area contributed by atoms with Crippen LogP contribution in [0.25, 0.3) is 21.5 Å². The van der Waals surface area contributed by atoms with Crippen molar-refractivity contribution in [1.82, 2.24) is 0 Å². The maximum Gasteiger partial charge on any atom is 0.340 e. The topological polar surface area (TPSA) is 46.6 Å². The van der Waals surface area contributed by atoms with Gasteiger partial charge in [0.15, 0.2) is 6.10 Å². The quantitative estimate of drug-likeness (QED) is 0.357. The normalized spacial score (nSPS) is 14.0. The maximum atomic E-state index is 13.3. The highest BCUT2D eigenvalue weighted by Gasteiger charge is 2.30. The average Bonchev–Trinajstić information content (AvgIpc) is 3.20. The van der Waals surface area contributed by atoms with Crippen LogP contribution in [0.2, 0.25) is 0 Å². The second-order valence-corrected chi connectivity index (χ2v) is 7.61. The number of nitrogens with zero attached hydrogens (tertiary/aromatic N) is 1. The molecule has 4 heteroatoms. The molecule has 0 radical (unpaired) electrons. The van der Waals surface area contributed by atoms with Gasteiger partial charge in [0.05, 0.1) is 5.56 Å². The van der Waals surface area contributed by atoms with E-state index in [-0.39, 0.29) is 5.91 Å². The fourth-order valence-corrected chi connectivity index (χ4v) is 4.29. The molecule has 0 aliphatic carbocycles. The molecule has 1 heterocycles. The Morgan fingerprint density at radius 1 is 0.867 bits per heavy atom. The molecule has 0 fully saturated rings. The predicted octanol–water partition coefficient (Wildman–Crippen LogP) is 5.13. The van der Waals surface area contributed by atoms with E-state index in [0.29, 0.717) is 12.1 Å². The summed E-state index contributed by atoms with van der Waals surface area (Å²) < 4.78 is 5.71.